The number of nitrogens with zero attached hydrogens (tertiary/aromatic N) is 2. The van der Waals surface area contributed by atoms with Crippen LogP contribution in [-0.4, -0.2) is 29.5 Å². The number of hydrogen-bond acceptors (Lipinski definition) is 4. The Kier molecular flexibility index (Phi) is 7.84. The number of ether oxygens (including phenoxy) is 1. The second kappa shape index (κ2) is 9.13. The zero-order chi connectivity index (χ0) is 15.0. The molecular weight excluding hydrogens is 322 g/mol. The molecule has 1 aromatic heterocycles. The van der Waals surface area contributed by atoms with Gasteiger partial charge >= 0.3 is 0 Å². The molecule has 1 N–H and O–H groups in total. The van der Waals surface area contributed by atoms with E-state index < -0.39 is 0 Å². The molecule has 114 valence electrons. The molecule has 1 atom stereocenters. The standard InChI is InChI=1S/C14H24BrN3O2/c1-4-6-8-18-14(19)13(15)12(9-16-18)17-11(7-5-2)10-20-3/h9,11,17H,4-8,10H2,1-3H3. The van der Waals surface area contributed by atoms with Gasteiger partial charge in [0.25, 0.3) is 5.56 Å². The lowest BCUT2D eigenvalue weighted by molar-refractivity contribution is 0.182. The van der Waals surface area contributed by atoms with Crippen molar-refractivity contribution < 1.29 is 4.74 Å². The van der Waals surface area contributed by atoms with Crippen LogP contribution in [0.5, 0.6) is 0 Å². The lowest BCUT2D eigenvalue weighted by Crippen LogP contribution is -2.29. The van der Waals surface area contributed by atoms with Crippen LogP contribution in [0.1, 0.15) is 39.5 Å². The van der Waals surface area contributed by atoms with Crippen LogP contribution < -0.4 is 10.9 Å². The summed E-state index contributed by atoms with van der Waals surface area (Å²) in [5.74, 6) is 0. The summed E-state index contributed by atoms with van der Waals surface area (Å²) in [5, 5.41) is 7.55. The van der Waals surface area contributed by atoms with E-state index >= 15 is 0 Å². The van der Waals surface area contributed by atoms with E-state index in [0.717, 1.165) is 31.4 Å². The first kappa shape index (κ1) is 17.2. The van der Waals surface area contributed by atoms with Crippen molar-refractivity contribution in [2.45, 2.75) is 52.1 Å². The summed E-state index contributed by atoms with van der Waals surface area (Å²) in [5.41, 5.74) is 0.648. The van der Waals surface area contributed by atoms with Gasteiger partial charge in [-0.1, -0.05) is 26.7 Å². The van der Waals surface area contributed by atoms with Crippen molar-refractivity contribution in [2.75, 3.05) is 19.0 Å². The van der Waals surface area contributed by atoms with E-state index in [1.807, 2.05) is 0 Å². The number of anilines is 1. The van der Waals surface area contributed by atoms with Crippen LogP contribution in [0.4, 0.5) is 5.69 Å². The van der Waals surface area contributed by atoms with Crippen molar-refractivity contribution in [3.8, 4) is 0 Å². The van der Waals surface area contributed by atoms with E-state index in [9.17, 15) is 4.79 Å². The lowest BCUT2D eigenvalue weighted by atomic mass is 10.2. The molecule has 0 fully saturated rings. The predicted molar refractivity (Wildman–Crippen MR) is 85.3 cm³/mol. The fourth-order valence-corrected chi connectivity index (χ4v) is 2.42. The highest BCUT2D eigenvalue weighted by Gasteiger charge is 2.13. The summed E-state index contributed by atoms with van der Waals surface area (Å²) in [6, 6.07) is 0.189. The van der Waals surface area contributed by atoms with Gasteiger partial charge in [0.2, 0.25) is 0 Å². The van der Waals surface area contributed by atoms with E-state index in [1.54, 1.807) is 13.3 Å². The van der Waals surface area contributed by atoms with Crippen molar-refractivity contribution >= 4 is 21.6 Å². The van der Waals surface area contributed by atoms with Crippen LogP contribution in [0.25, 0.3) is 0 Å². The Labute approximate surface area is 128 Å². The molecule has 0 aliphatic heterocycles. The lowest BCUT2D eigenvalue weighted by Gasteiger charge is -2.19. The van der Waals surface area contributed by atoms with Gasteiger partial charge in [0, 0.05) is 19.7 Å². The average molecular weight is 346 g/mol. The molecule has 0 aromatic carbocycles. The Hall–Kier alpha value is -0.880. The van der Waals surface area contributed by atoms with Gasteiger partial charge in [0.15, 0.2) is 0 Å². The van der Waals surface area contributed by atoms with Crippen molar-refractivity contribution in [1.29, 1.82) is 0 Å². The number of aromatic nitrogens is 2. The number of nitrogens with one attached hydrogen (secondary N) is 1. The van der Waals surface area contributed by atoms with Crippen LogP contribution in [0.3, 0.4) is 0 Å². The van der Waals surface area contributed by atoms with Crippen LogP contribution >= 0.6 is 15.9 Å². The zero-order valence-corrected chi connectivity index (χ0v) is 14.1. The number of hydrogen-bond donors (Lipinski definition) is 1. The molecule has 0 saturated carbocycles. The fourth-order valence-electron chi connectivity index (χ4n) is 2.00. The van der Waals surface area contributed by atoms with Gasteiger partial charge < -0.3 is 10.1 Å². The van der Waals surface area contributed by atoms with E-state index in [4.69, 9.17) is 4.74 Å². The molecule has 1 aromatic rings. The molecule has 1 unspecified atom stereocenters. The highest BCUT2D eigenvalue weighted by molar-refractivity contribution is 9.10. The number of aryl methyl sites for hydroxylation is 1. The Morgan fingerprint density at radius 1 is 1.45 bits per heavy atom. The molecule has 0 radical (unpaired) electrons. The molecule has 1 heterocycles. The highest BCUT2D eigenvalue weighted by atomic mass is 79.9. The van der Waals surface area contributed by atoms with Gasteiger partial charge in [-0.05, 0) is 28.8 Å². The van der Waals surface area contributed by atoms with E-state index in [1.165, 1.54) is 4.68 Å². The topological polar surface area (TPSA) is 56.1 Å². The van der Waals surface area contributed by atoms with Gasteiger partial charge in [-0.25, -0.2) is 4.68 Å². The third kappa shape index (κ3) is 4.90. The minimum absolute atomic E-state index is 0.0869. The first-order valence-electron chi connectivity index (χ1n) is 7.15. The van der Waals surface area contributed by atoms with Gasteiger partial charge in [0.1, 0.15) is 4.47 Å². The van der Waals surface area contributed by atoms with Gasteiger partial charge in [-0.15, -0.1) is 0 Å². The molecule has 0 bridgehead atoms. The summed E-state index contributed by atoms with van der Waals surface area (Å²) < 4.78 is 7.24. The first-order chi connectivity index (χ1) is 9.63. The molecule has 0 spiro atoms. The molecule has 0 saturated heterocycles. The Morgan fingerprint density at radius 3 is 2.80 bits per heavy atom. The highest BCUT2D eigenvalue weighted by Crippen LogP contribution is 2.18. The maximum atomic E-state index is 12.2. The van der Waals surface area contributed by atoms with Crippen molar-refractivity contribution in [3.05, 3.63) is 21.0 Å². The molecular formula is C14H24BrN3O2. The summed E-state index contributed by atoms with van der Waals surface area (Å²) in [4.78, 5) is 12.2. The van der Waals surface area contributed by atoms with Crippen LogP contribution in [0.15, 0.2) is 15.5 Å². The van der Waals surface area contributed by atoms with Crippen LogP contribution in [0.2, 0.25) is 0 Å². The zero-order valence-electron chi connectivity index (χ0n) is 12.5. The minimum atomic E-state index is -0.0869. The monoisotopic (exact) mass is 345 g/mol. The molecule has 5 nitrogen and oxygen atoms in total. The third-order valence-corrected chi connectivity index (χ3v) is 3.84. The molecule has 0 amide bonds. The Bertz CT molecular complexity index is 456. The Morgan fingerprint density at radius 2 is 2.20 bits per heavy atom. The van der Waals surface area contributed by atoms with Crippen molar-refractivity contribution in [1.82, 2.24) is 9.78 Å². The maximum absolute atomic E-state index is 12.2. The van der Waals surface area contributed by atoms with Crippen molar-refractivity contribution in [3.63, 3.8) is 0 Å². The quantitative estimate of drug-likeness (QED) is 0.747. The van der Waals surface area contributed by atoms with E-state index in [2.05, 4.69) is 40.2 Å². The third-order valence-electron chi connectivity index (χ3n) is 3.07. The van der Waals surface area contributed by atoms with Gasteiger partial charge in [-0.3, -0.25) is 4.79 Å². The normalized spacial score (nSPS) is 12.4. The maximum Gasteiger partial charge on any atom is 0.283 e. The Balaban J connectivity index is 2.85. The van der Waals surface area contributed by atoms with Gasteiger partial charge in [-0.2, -0.15) is 5.10 Å². The number of unbranched alkanes of at least 4 members (excludes halogenated alkanes) is 1. The number of methoxy groups -OCH3 is 1. The van der Waals surface area contributed by atoms with E-state index in [0.29, 0.717) is 17.6 Å². The van der Waals surface area contributed by atoms with E-state index in [-0.39, 0.29) is 11.6 Å². The second-order valence-electron chi connectivity index (χ2n) is 4.84. The number of rotatable bonds is 9. The fraction of sp³-hybridized carbons (Fsp3) is 0.714. The molecule has 20 heavy (non-hydrogen) atoms. The molecule has 1 rings (SSSR count). The first-order valence-corrected chi connectivity index (χ1v) is 7.94. The van der Waals surface area contributed by atoms with Crippen molar-refractivity contribution in [2.24, 2.45) is 0 Å². The molecule has 0 aliphatic carbocycles. The average Bonchev–Trinajstić information content (AvgIpc) is 2.43. The second-order valence-corrected chi connectivity index (χ2v) is 5.63. The largest absolute Gasteiger partial charge is 0.383 e. The van der Waals surface area contributed by atoms with Crippen LogP contribution in [-0.2, 0) is 11.3 Å². The predicted octanol–water partition coefficient (Wildman–Crippen LogP) is 3.03. The smallest absolute Gasteiger partial charge is 0.283 e. The number of halogens is 1. The van der Waals surface area contributed by atoms with Gasteiger partial charge in [0.05, 0.1) is 18.5 Å². The summed E-state index contributed by atoms with van der Waals surface area (Å²) >= 11 is 3.38. The molecule has 0 aliphatic rings. The SMILES string of the molecule is CCCCn1ncc(NC(CCC)COC)c(Br)c1=O. The minimum Gasteiger partial charge on any atom is -0.383 e. The van der Waals surface area contributed by atoms with Crippen LogP contribution in [0, 0.1) is 0 Å². The molecule has 6 heteroatoms. The summed E-state index contributed by atoms with van der Waals surface area (Å²) in [6.45, 7) is 5.49. The summed E-state index contributed by atoms with van der Waals surface area (Å²) in [6.07, 6.45) is 5.74. The summed E-state index contributed by atoms with van der Waals surface area (Å²) in [7, 11) is 1.68.